The number of hydrogen-bond acceptors (Lipinski definition) is 4. The zero-order valence-corrected chi connectivity index (χ0v) is 11.4. The van der Waals surface area contributed by atoms with E-state index in [4.69, 9.17) is 4.74 Å². The molecule has 1 heterocycles. The van der Waals surface area contributed by atoms with Gasteiger partial charge in [-0.3, -0.25) is 4.79 Å². The van der Waals surface area contributed by atoms with Crippen LogP contribution in [0.2, 0.25) is 0 Å². The Morgan fingerprint density at radius 1 is 1.50 bits per heavy atom. The van der Waals surface area contributed by atoms with Crippen molar-refractivity contribution >= 4 is 23.2 Å². The summed E-state index contributed by atoms with van der Waals surface area (Å²) in [4.78, 5) is 25.4. The lowest BCUT2D eigenvalue weighted by atomic mass is 10.2. The lowest BCUT2D eigenvalue weighted by Crippen LogP contribution is -2.39. The van der Waals surface area contributed by atoms with Gasteiger partial charge in [0.25, 0.3) is 5.91 Å². The fraction of sp³-hybridized carbons (Fsp3) is 0.538. The molecule has 1 aliphatic rings. The Morgan fingerprint density at radius 2 is 2.28 bits per heavy atom. The lowest BCUT2D eigenvalue weighted by Gasteiger charge is -2.11. The van der Waals surface area contributed by atoms with Crippen LogP contribution in [0.25, 0.3) is 0 Å². The third-order valence-corrected chi connectivity index (χ3v) is 4.19. The first-order chi connectivity index (χ1) is 8.61. The largest absolute Gasteiger partial charge is 0.464 e. The monoisotopic (exact) mass is 267 g/mol. The Balaban J connectivity index is 1.97. The van der Waals surface area contributed by atoms with Crippen LogP contribution in [0.4, 0.5) is 0 Å². The summed E-state index contributed by atoms with van der Waals surface area (Å²) in [6, 6.07) is 1.34. The second-order valence-electron chi connectivity index (χ2n) is 4.36. The van der Waals surface area contributed by atoms with E-state index >= 15 is 0 Å². The molecule has 4 nitrogen and oxygen atoms in total. The van der Waals surface area contributed by atoms with Gasteiger partial charge in [0.15, 0.2) is 0 Å². The van der Waals surface area contributed by atoms with Crippen LogP contribution in [0, 0.1) is 0 Å². The van der Waals surface area contributed by atoms with Gasteiger partial charge in [0.1, 0.15) is 6.04 Å². The number of hydrogen-bond donors (Lipinski definition) is 1. The third kappa shape index (κ3) is 2.72. The molecule has 2 rings (SSSR count). The average Bonchev–Trinajstić information content (AvgIpc) is 2.88. The molecule has 1 aromatic rings. The summed E-state index contributed by atoms with van der Waals surface area (Å²) in [7, 11) is 0. The maximum Gasteiger partial charge on any atom is 0.328 e. The van der Waals surface area contributed by atoms with Crippen molar-refractivity contribution in [3.8, 4) is 0 Å². The van der Waals surface area contributed by atoms with Crippen LogP contribution < -0.4 is 5.32 Å². The quantitative estimate of drug-likeness (QED) is 0.848. The van der Waals surface area contributed by atoms with E-state index in [1.54, 1.807) is 13.8 Å². The van der Waals surface area contributed by atoms with Crippen LogP contribution in [-0.2, 0) is 22.4 Å². The van der Waals surface area contributed by atoms with E-state index in [9.17, 15) is 9.59 Å². The Hall–Kier alpha value is -1.36. The smallest absolute Gasteiger partial charge is 0.328 e. The van der Waals surface area contributed by atoms with E-state index in [0.717, 1.165) is 12.8 Å². The zero-order chi connectivity index (χ0) is 13.1. The highest BCUT2D eigenvalue weighted by Crippen LogP contribution is 2.30. The minimum atomic E-state index is -0.602. The zero-order valence-electron chi connectivity index (χ0n) is 10.6. The number of ether oxygens (including phenoxy) is 1. The predicted octanol–water partition coefficient (Wildman–Crippen LogP) is 1.92. The lowest BCUT2D eigenvalue weighted by molar-refractivity contribution is -0.144. The minimum absolute atomic E-state index is 0.185. The highest BCUT2D eigenvalue weighted by Gasteiger charge is 2.21. The predicted molar refractivity (Wildman–Crippen MR) is 69.9 cm³/mol. The van der Waals surface area contributed by atoms with Crippen LogP contribution in [0.15, 0.2) is 6.07 Å². The molecule has 1 N–H and O–H groups in total. The molecule has 0 saturated carbocycles. The van der Waals surface area contributed by atoms with Gasteiger partial charge in [-0.1, -0.05) is 0 Å². The Kier molecular flexibility index (Phi) is 4.01. The number of esters is 1. The van der Waals surface area contributed by atoms with Crippen LogP contribution >= 0.6 is 11.3 Å². The number of thiophene rings is 1. The number of nitrogens with one attached hydrogen (secondary N) is 1. The number of rotatable bonds is 4. The molecule has 1 aliphatic carbocycles. The van der Waals surface area contributed by atoms with E-state index in [1.807, 2.05) is 6.07 Å². The van der Waals surface area contributed by atoms with Gasteiger partial charge in [-0.15, -0.1) is 11.3 Å². The Morgan fingerprint density at radius 3 is 2.94 bits per heavy atom. The molecule has 0 radical (unpaired) electrons. The highest BCUT2D eigenvalue weighted by molar-refractivity contribution is 7.14. The molecule has 1 atom stereocenters. The highest BCUT2D eigenvalue weighted by atomic mass is 32.1. The Labute approximate surface area is 110 Å². The number of amides is 1. The first kappa shape index (κ1) is 13.1. The van der Waals surface area contributed by atoms with Gasteiger partial charge in [-0.25, -0.2) is 4.79 Å². The summed E-state index contributed by atoms with van der Waals surface area (Å²) < 4.78 is 4.85. The normalized spacial score (nSPS) is 15.0. The van der Waals surface area contributed by atoms with Gasteiger partial charge in [0.2, 0.25) is 0 Å². The molecule has 18 heavy (non-hydrogen) atoms. The van der Waals surface area contributed by atoms with Gasteiger partial charge in [-0.2, -0.15) is 0 Å². The van der Waals surface area contributed by atoms with Gasteiger partial charge in [0.05, 0.1) is 11.5 Å². The van der Waals surface area contributed by atoms with Crippen molar-refractivity contribution < 1.29 is 14.3 Å². The summed E-state index contributed by atoms with van der Waals surface area (Å²) in [5.74, 6) is -0.579. The first-order valence-electron chi connectivity index (χ1n) is 6.21. The summed E-state index contributed by atoms with van der Waals surface area (Å²) >= 11 is 1.53. The van der Waals surface area contributed by atoms with Crippen LogP contribution in [-0.4, -0.2) is 24.5 Å². The summed E-state index contributed by atoms with van der Waals surface area (Å²) in [6.45, 7) is 3.71. The fourth-order valence-electron chi connectivity index (χ4n) is 2.03. The van der Waals surface area contributed by atoms with Crippen LogP contribution in [0.1, 0.15) is 40.4 Å². The van der Waals surface area contributed by atoms with Crippen molar-refractivity contribution in [1.29, 1.82) is 0 Å². The van der Waals surface area contributed by atoms with Crippen molar-refractivity contribution in [2.45, 2.75) is 39.2 Å². The summed E-state index contributed by atoms with van der Waals surface area (Å²) in [5.41, 5.74) is 1.29. The molecule has 1 amide bonds. The van der Waals surface area contributed by atoms with Gasteiger partial charge < -0.3 is 10.1 Å². The van der Waals surface area contributed by atoms with Gasteiger partial charge >= 0.3 is 5.97 Å². The number of carbonyl (C=O) groups is 2. The van der Waals surface area contributed by atoms with Crippen LogP contribution in [0.3, 0.4) is 0 Å². The summed E-state index contributed by atoms with van der Waals surface area (Å²) in [6.07, 6.45) is 3.32. The maximum absolute atomic E-state index is 12.0. The SMILES string of the molecule is CCOC(=O)C(C)NC(=O)c1cc2c(s1)CCC2. The molecular formula is C13H17NO3S. The van der Waals surface area contributed by atoms with Crippen molar-refractivity contribution in [2.24, 2.45) is 0 Å². The molecule has 0 bridgehead atoms. The topological polar surface area (TPSA) is 55.4 Å². The van der Waals surface area contributed by atoms with E-state index in [0.29, 0.717) is 11.5 Å². The molecule has 0 aromatic carbocycles. The Bertz CT molecular complexity index is 445. The minimum Gasteiger partial charge on any atom is -0.464 e. The molecule has 1 unspecified atom stereocenters. The van der Waals surface area contributed by atoms with E-state index < -0.39 is 12.0 Å². The van der Waals surface area contributed by atoms with E-state index in [2.05, 4.69) is 5.32 Å². The average molecular weight is 267 g/mol. The van der Waals surface area contributed by atoms with E-state index in [1.165, 1.54) is 28.2 Å². The van der Waals surface area contributed by atoms with E-state index in [-0.39, 0.29) is 5.91 Å². The molecule has 1 aromatic heterocycles. The fourth-order valence-corrected chi connectivity index (χ4v) is 3.19. The maximum atomic E-state index is 12.0. The summed E-state index contributed by atoms with van der Waals surface area (Å²) in [5, 5.41) is 2.67. The first-order valence-corrected chi connectivity index (χ1v) is 7.02. The van der Waals surface area contributed by atoms with Gasteiger partial charge in [0, 0.05) is 4.88 Å². The van der Waals surface area contributed by atoms with Crippen molar-refractivity contribution in [3.63, 3.8) is 0 Å². The second-order valence-corrected chi connectivity index (χ2v) is 5.50. The van der Waals surface area contributed by atoms with Gasteiger partial charge in [-0.05, 0) is 44.7 Å². The van der Waals surface area contributed by atoms with Crippen LogP contribution in [0.5, 0.6) is 0 Å². The number of aryl methyl sites for hydroxylation is 2. The van der Waals surface area contributed by atoms with Crippen molar-refractivity contribution in [1.82, 2.24) is 5.32 Å². The number of carbonyl (C=O) groups excluding carboxylic acids is 2. The molecule has 0 spiro atoms. The second kappa shape index (κ2) is 5.52. The standard InChI is InChI=1S/C13H17NO3S/c1-3-17-13(16)8(2)14-12(15)11-7-9-5-4-6-10(9)18-11/h7-8H,3-6H2,1-2H3,(H,14,15). The molecule has 98 valence electrons. The third-order valence-electron chi connectivity index (χ3n) is 2.96. The van der Waals surface area contributed by atoms with Crippen molar-refractivity contribution in [2.75, 3.05) is 6.61 Å². The molecule has 0 saturated heterocycles. The van der Waals surface area contributed by atoms with Crippen molar-refractivity contribution in [3.05, 3.63) is 21.4 Å². The molecule has 0 fully saturated rings. The molecule has 5 heteroatoms. The molecular weight excluding hydrogens is 250 g/mol. The molecule has 0 aliphatic heterocycles. The number of fused-ring (bicyclic) bond motifs is 1.